The Labute approximate surface area is 107 Å². The number of hydrogen-bond acceptors (Lipinski definition) is 4. The highest BCUT2D eigenvalue weighted by atomic mass is 16.5. The Morgan fingerprint density at radius 3 is 2.39 bits per heavy atom. The molecule has 0 bridgehead atoms. The third-order valence-electron chi connectivity index (χ3n) is 3.67. The molecule has 1 aliphatic heterocycles. The highest BCUT2D eigenvalue weighted by Crippen LogP contribution is 2.26. The van der Waals surface area contributed by atoms with Crippen LogP contribution >= 0.6 is 0 Å². The lowest BCUT2D eigenvalue weighted by Gasteiger charge is -2.38. The molecule has 1 unspecified atom stereocenters. The molecule has 6 heteroatoms. The van der Waals surface area contributed by atoms with Crippen LogP contribution in [0.5, 0.6) is 0 Å². The zero-order valence-corrected chi connectivity index (χ0v) is 11.0. The van der Waals surface area contributed by atoms with Crippen LogP contribution in [0.3, 0.4) is 0 Å². The molecule has 3 N–H and O–H groups in total. The van der Waals surface area contributed by atoms with Gasteiger partial charge in [0, 0.05) is 45.5 Å². The molecule has 0 saturated carbocycles. The number of carbonyl (C=O) groups is 2. The summed E-state index contributed by atoms with van der Waals surface area (Å²) in [6.45, 7) is 2.76. The van der Waals surface area contributed by atoms with Gasteiger partial charge in [-0.15, -0.1) is 0 Å². The van der Waals surface area contributed by atoms with E-state index in [1.165, 1.54) is 7.11 Å². The SMILES string of the molecule is CCC(N)CC(=O)N1CCC(OC)(C(=O)O)CC1. The summed E-state index contributed by atoms with van der Waals surface area (Å²) in [4.78, 5) is 24.7. The van der Waals surface area contributed by atoms with Gasteiger partial charge in [-0.25, -0.2) is 4.79 Å². The maximum absolute atomic E-state index is 11.9. The van der Waals surface area contributed by atoms with Gasteiger partial charge in [-0.1, -0.05) is 6.92 Å². The fourth-order valence-corrected chi connectivity index (χ4v) is 2.12. The number of carbonyl (C=O) groups excluding carboxylic acids is 1. The summed E-state index contributed by atoms with van der Waals surface area (Å²) in [7, 11) is 1.40. The minimum atomic E-state index is -1.14. The van der Waals surface area contributed by atoms with Crippen LogP contribution in [0.1, 0.15) is 32.6 Å². The number of nitrogens with zero attached hydrogens (tertiary/aromatic N) is 1. The summed E-state index contributed by atoms with van der Waals surface area (Å²) in [6, 6.07) is -0.119. The van der Waals surface area contributed by atoms with Gasteiger partial charge in [0.1, 0.15) is 0 Å². The fourth-order valence-electron chi connectivity index (χ4n) is 2.12. The summed E-state index contributed by atoms with van der Waals surface area (Å²) < 4.78 is 5.11. The first kappa shape index (κ1) is 14.9. The number of rotatable bonds is 5. The van der Waals surface area contributed by atoms with Crippen molar-refractivity contribution in [2.75, 3.05) is 20.2 Å². The van der Waals surface area contributed by atoms with Gasteiger partial charge < -0.3 is 20.5 Å². The Balaban J connectivity index is 2.53. The molecule has 1 aliphatic rings. The molecule has 0 aromatic rings. The molecule has 0 aromatic carbocycles. The van der Waals surface area contributed by atoms with Crippen LogP contribution in [0, 0.1) is 0 Å². The Morgan fingerprint density at radius 2 is 2.00 bits per heavy atom. The molecule has 104 valence electrons. The molecule has 0 aliphatic carbocycles. The lowest BCUT2D eigenvalue weighted by atomic mass is 9.91. The van der Waals surface area contributed by atoms with E-state index in [1.807, 2.05) is 6.92 Å². The smallest absolute Gasteiger partial charge is 0.336 e. The van der Waals surface area contributed by atoms with Crippen LogP contribution in [-0.2, 0) is 14.3 Å². The summed E-state index contributed by atoms with van der Waals surface area (Å²) in [5, 5.41) is 9.15. The second-order valence-electron chi connectivity index (χ2n) is 4.76. The summed E-state index contributed by atoms with van der Waals surface area (Å²) in [5.74, 6) is -0.957. The van der Waals surface area contributed by atoms with Crippen LogP contribution in [0.15, 0.2) is 0 Å². The zero-order valence-electron chi connectivity index (χ0n) is 11.0. The molecular weight excluding hydrogens is 236 g/mol. The molecule has 6 nitrogen and oxygen atoms in total. The van der Waals surface area contributed by atoms with Gasteiger partial charge in [0.15, 0.2) is 5.60 Å². The van der Waals surface area contributed by atoms with E-state index in [0.717, 1.165) is 6.42 Å². The number of ether oxygens (including phenoxy) is 1. The molecule has 18 heavy (non-hydrogen) atoms. The van der Waals surface area contributed by atoms with Crippen LogP contribution in [0.2, 0.25) is 0 Å². The lowest BCUT2D eigenvalue weighted by Crippen LogP contribution is -2.52. The summed E-state index contributed by atoms with van der Waals surface area (Å²) >= 11 is 0. The maximum Gasteiger partial charge on any atom is 0.336 e. The van der Waals surface area contributed by atoms with E-state index in [-0.39, 0.29) is 11.9 Å². The normalized spacial score (nSPS) is 20.5. The van der Waals surface area contributed by atoms with E-state index in [9.17, 15) is 9.59 Å². The number of carboxylic acid groups (broad SMARTS) is 1. The maximum atomic E-state index is 11.9. The van der Waals surface area contributed by atoms with Gasteiger partial charge in [-0.3, -0.25) is 4.79 Å². The van der Waals surface area contributed by atoms with Crippen molar-refractivity contribution in [3.8, 4) is 0 Å². The van der Waals surface area contributed by atoms with Crippen LogP contribution in [0.4, 0.5) is 0 Å². The molecular formula is C12H22N2O4. The molecule has 0 aromatic heterocycles. The predicted octanol–water partition coefficient (Wildman–Crippen LogP) is 0.206. The number of piperidine rings is 1. The van der Waals surface area contributed by atoms with Crippen LogP contribution in [0.25, 0.3) is 0 Å². The highest BCUT2D eigenvalue weighted by molar-refractivity contribution is 5.80. The van der Waals surface area contributed by atoms with Crippen molar-refractivity contribution < 1.29 is 19.4 Å². The van der Waals surface area contributed by atoms with Gasteiger partial charge in [-0.05, 0) is 6.42 Å². The topological polar surface area (TPSA) is 92.9 Å². The van der Waals surface area contributed by atoms with E-state index < -0.39 is 11.6 Å². The van der Waals surface area contributed by atoms with Crippen molar-refractivity contribution in [2.45, 2.75) is 44.2 Å². The number of methoxy groups -OCH3 is 1. The van der Waals surface area contributed by atoms with Gasteiger partial charge in [0.2, 0.25) is 5.91 Å². The molecule has 1 fully saturated rings. The third kappa shape index (κ3) is 3.20. The number of nitrogens with two attached hydrogens (primary N) is 1. The second-order valence-corrected chi connectivity index (χ2v) is 4.76. The predicted molar refractivity (Wildman–Crippen MR) is 66.1 cm³/mol. The lowest BCUT2D eigenvalue weighted by molar-refractivity contribution is -0.170. The minimum Gasteiger partial charge on any atom is -0.479 e. The summed E-state index contributed by atoms with van der Waals surface area (Å²) in [6.07, 6.45) is 1.73. The number of likely N-dealkylation sites (tertiary alicyclic amines) is 1. The molecule has 1 rings (SSSR count). The van der Waals surface area contributed by atoms with E-state index in [1.54, 1.807) is 4.90 Å². The number of amides is 1. The van der Waals surface area contributed by atoms with Gasteiger partial charge >= 0.3 is 5.97 Å². The zero-order chi connectivity index (χ0) is 13.8. The average Bonchev–Trinajstić information content (AvgIpc) is 2.38. The van der Waals surface area contributed by atoms with E-state index in [4.69, 9.17) is 15.6 Å². The Hall–Kier alpha value is -1.14. The molecule has 1 saturated heterocycles. The van der Waals surface area contributed by atoms with Gasteiger partial charge in [-0.2, -0.15) is 0 Å². The largest absolute Gasteiger partial charge is 0.479 e. The Kier molecular flexibility index (Phi) is 5.10. The van der Waals surface area contributed by atoms with E-state index >= 15 is 0 Å². The standard InChI is InChI=1S/C12H22N2O4/c1-3-9(13)8-10(15)14-6-4-12(18-2,5-7-14)11(16)17/h9H,3-8,13H2,1-2H3,(H,16,17). The first-order valence-corrected chi connectivity index (χ1v) is 6.27. The molecule has 1 heterocycles. The van der Waals surface area contributed by atoms with Crippen molar-refractivity contribution in [3.05, 3.63) is 0 Å². The van der Waals surface area contributed by atoms with Crippen LogP contribution in [-0.4, -0.2) is 53.7 Å². The van der Waals surface area contributed by atoms with E-state index in [2.05, 4.69) is 0 Å². The van der Waals surface area contributed by atoms with Crippen molar-refractivity contribution in [2.24, 2.45) is 5.73 Å². The minimum absolute atomic E-state index is 0.000517. The number of hydrogen-bond donors (Lipinski definition) is 2. The Bertz CT molecular complexity index is 311. The number of aliphatic carboxylic acids is 1. The molecule has 0 radical (unpaired) electrons. The first-order chi connectivity index (χ1) is 8.45. The van der Waals surface area contributed by atoms with Gasteiger partial charge in [0.05, 0.1) is 0 Å². The first-order valence-electron chi connectivity index (χ1n) is 6.27. The van der Waals surface area contributed by atoms with Crippen molar-refractivity contribution in [3.63, 3.8) is 0 Å². The average molecular weight is 258 g/mol. The van der Waals surface area contributed by atoms with E-state index in [0.29, 0.717) is 32.4 Å². The van der Waals surface area contributed by atoms with Gasteiger partial charge in [0.25, 0.3) is 0 Å². The quantitative estimate of drug-likeness (QED) is 0.735. The van der Waals surface area contributed by atoms with Crippen molar-refractivity contribution >= 4 is 11.9 Å². The third-order valence-corrected chi connectivity index (χ3v) is 3.67. The summed E-state index contributed by atoms with van der Waals surface area (Å²) in [5.41, 5.74) is 4.61. The second kappa shape index (κ2) is 6.15. The fraction of sp³-hybridized carbons (Fsp3) is 0.833. The molecule has 1 atom stereocenters. The van der Waals surface area contributed by atoms with Crippen molar-refractivity contribution in [1.29, 1.82) is 0 Å². The Morgan fingerprint density at radius 1 is 1.44 bits per heavy atom. The molecule has 0 spiro atoms. The van der Waals surface area contributed by atoms with Crippen LogP contribution < -0.4 is 5.73 Å². The number of carboxylic acids is 1. The monoisotopic (exact) mass is 258 g/mol. The van der Waals surface area contributed by atoms with Crippen molar-refractivity contribution in [1.82, 2.24) is 4.90 Å². The highest BCUT2D eigenvalue weighted by Gasteiger charge is 2.42. The molecule has 1 amide bonds.